The Balaban J connectivity index is 2.02. The lowest BCUT2D eigenvalue weighted by Crippen LogP contribution is -2.43. The van der Waals surface area contributed by atoms with Gasteiger partial charge in [-0.25, -0.2) is 9.37 Å². The Morgan fingerprint density at radius 3 is 2.83 bits per heavy atom. The van der Waals surface area contributed by atoms with Crippen molar-refractivity contribution in [2.45, 2.75) is 13.3 Å². The largest absolute Gasteiger partial charge is 0.368 e. The number of pyridine rings is 1. The lowest BCUT2D eigenvalue weighted by molar-refractivity contribution is 0.583. The number of imidazole rings is 1. The molecule has 96 valence electrons. The Labute approximate surface area is 105 Å². The van der Waals surface area contributed by atoms with Gasteiger partial charge in [0.1, 0.15) is 0 Å². The van der Waals surface area contributed by atoms with E-state index in [9.17, 15) is 4.39 Å². The highest BCUT2D eigenvalue weighted by Crippen LogP contribution is 2.20. The van der Waals surface area contributed by atoms with Crippen molar-refractivity contribution in [3.05, 3.63) is 30.0 Å². The summed E-state index contributed by atoms with van der Waals surface area (Å²) in [5.74, 6) is -0.245. The molecular formula is C13H17FN4. The van der Waals surface area contributed by atoms with E-state index < -0.39 is 0 Å². The van der Waals surface area contributed by atoms with Gasteiger partial charge in [0.25, 0.3) is 0 Å². The van der Waals surface area contributed by atoms with E-state index >= 15 is 0 Å². The molecule has 1 aliphatic heterocycles. The fourth-order valence-electron chi connectivity index (χ4n) is 2.36. The van der Waals surface area contributed by atoms with E-state index in [1.165, 1.54) is 0 Å². The van der Waals surface area contributed by atoms with Gasteiger partial charge in [-0.15, -0.1) is 0 Å². The van der Waals surface area contributed by atoms with Crippen LogP contribution in [-0.2, 0) is 6.42 Å². The second-order valence-corrected chi connectivity index (χ2v) is 4.60. The average Bonchev–Trinajstić information content (AvgIpc) is 2.83. The van der Waals surface area contributed by atoms with E-state index in [0.717, 1.165) is 44.0 Å². The average molecular weight is 248 g/mol. The summed E-state index contributed by atoms with van der Waals surface area (Å²) in [6.45, 7) is 5.76. The topological polar surface area (TPSA) is 32.6 Å². The lowest BCUT2D eigenvalue weighted by atomic mass is 10.3. The van der Waals surface area contributed by atoms with Crippen molar-refractivity contribution in [3.63, 3.8) is 0 Å². The Morgan fingerprint density at radius 1 is 1.33 bits per heavy atom. The lowest BCUT2D eigenvalue weighted by Gasteiger charge is -2.29. The van der Waals surface area contributed by atoms with Crippen LogP contribution in [-0.4, -0.2) is 35.6 Å². The molecule has 0 saturated carbocycles. The zero-order chi connectivity index (χ0) is 12.5. The molecule has 1 saturated heterocycles. The third-order valence-corrected chi connectivity index (χ3v) is 3.39. The van der Waals surface area contributed by atoms with E-state index in [4.69, 9.17) is 0 Å². The van der Waals surface area contributed by atoms with E-state index in [1.807, 2.05) is 19.3 Å². The van der Waals surface area contributed by atoms with E-state index in [-0.39, 0.29) is 5.82 Å². The van der Waals surface area contributed by atoms with E-state index in [0.29, 0.717) is 5.65 Å². The van der Waals surface area contributed by atoms with Crippen molar-refractivity contribution in [1.82, 2.24) is 14.7 Å². The molecule has 0 aromatic carbocycles. The smallest absolute Gasteiger partial charge is 0.173 e. The summed E-state index contributed by atoms with van der Waals surface area (Å²) < 4.78 is 15.8. The third-order valence-electron chi connectivity index (χ3n) is 3.39. The van der Waals surface area contributed by atoms with Crippen molar-refractivity contribution in [1.29, 1.82) is 0 Å². The first-order valence-corrected chi connectivity index (χ1v) is 6.40. The summed E-state index contributed by atoms with van der Waals surface area (Å²) >= 11 is 0. The molecule has 2 aromatic heterocycles. The number of nitrogens with one attached hydrogen (secondary N) is 1. The maximum absolute atomic E-state index is 14.0. The predicted molar refractivity (Wildman–Crippen MR) is 69.6 cm³/mol. The highest BCUT2D eigenvalue weighted by Gasteiger charge is 2.14. The minimum absolute atomic E-state index is 0.245. The van der Waals surface area contributed by atoms with Gasteiger partial charge in [0.05, 0.1) is 11.4 Å². The van der Waals surface area contributed by atoms with Gasteiger partial charge < -0.3 is 14.6 Å². The molecule has 0 atom stereocenters. The molecular weight excluding hydrogens is 231 g/mol. The Kier molecular flexibility index (Phi) is 2.91. The van der Waals surface area contributed by atoms with Crippen LogP contribution >= 0.6 is 0 Å². The van der Waals surface area contributed by atoms with Crippen molar-refractivity contribution < 1.29 is 4.39 Å². The number of nitrogens with zero attached hydrogens (tertiary/aromatic N) is 3. The van der Waals surface area contributed by atoms with Crippen LogP contribution in [0.15, 0.2) is 18.5 Å². The van der Waals surface area contributed by atoms with Gasteiger partial charge in [-0.2, -0.15) is 0 Å². The fourth-order valence-corrected chi connectivity index (χ4v) is 2.36. The molecule has 1 fully saturated rings. The Bertz CT molecular complexity index is 557. The predicted octanol–water partition coefficient (Wildman–Crippen LogP) is 1.45. The molecule has 1 aliphatic rings. The minimum atomic E-state index is -0.245. The van der Waals surface area contributed by atoms with Crippen LogP contribution in [0.2, 0.25) is 0 Å². The van der Waals surface area contributed by atoms with Crippen LogP contribution in [0.1, 0.15) is 12.6 Å². The second-order valence-electron chi connectivity index (χ2n) is 4.60. The van der Waals surface area contributed by atoms with Gasteiger partial charge in [0.2, 0.25) is 0 Å². The van der Waals surface area contributed by atoms with Crippen LogP contribution < -0.4 is 10.2 Å². The number of hydrogen-bond acceptors (Lipinski definition) is 3. The molecule has 3 heterocycles. The second kappa shape index (κ2) is 4.57. The zero-order valence-corrected chi connectivity index (χ0v) is 10.5. The molecule has 5 heteroatoms. The van der Waals surface area contributed by atoms with Crippen LogP contribution in [0.4, 0.5) is 10.1 Å². The molecule has 0 bridgehead atoms. The summed E-state index contributed by atoms with van der Waals surface area (Å²) in [7, 11) is 0. The van der Waals surface area contributed by atoms with Crippen molar-refractivity contribution in [2.75, 3.05) is 31.1 Å². The molecule has 18 heavy (non-hydrogen) atoms. The zero-order valence-electron chi connectivity index (χ0n) is 10.5. The summed E-state index contributed by atoms with van der Waals surface area (Å²) in [6, 6.07) is 1.59. The maximum Gasteiger partial charge on any atom is 0.173 e. The van der Waals surface area contributed by atoms with E-state index in [2.05, 4.69) is 15.2 Å². The van der Waals surface area contributed by atoms with Crippen molar-refractivity contribution in [2.24, 2.45) is 0 Å². The van der Waals surface area contributed by atoms with Crippen molar-refractivity contribution in [3.8, 4) is 0 Å². The molecule has 1 N–H and O–H groups in total. The Hall–Kier alpha value is -1.62. The summed E-state index contributed by atoms with van der Waals surface area (Å²) in [6.07, 6.45) is 4.70. The third kappa shape index (κ3) is 1.95. The van der Waals surface area contributed by atoms with Crippen LogP contribution in [0.3, 0.4) is 0 Å². The molecule has 2 aromatic rings. The highest BCUT2D eigenvalue weighted by atomic mass is 19.1. The number of hydrogen-bond donors (Lipinski definition) is 1. The molecule has 0 aliphatic carbocycles. The molecule has 0 radical (unpaired) electrons. The van der Waals surface area contributed by atoms with Crippen LogP contribution in [0, 0.1) is 5.82 Å². The molecule has 0 unspecified atom stereocenters. The number of anilines is 1. The van der Waals surface area contributed by atoms with Crippen LogP contribution in [0.25, 0.3) is 5.65 Å². The Morgan fingerprint density at radius 2 is 2.11 bits per heavy atom. The van der Waals surface area contributed by atoms with Gasteiger partial charge in [-0.1, -0.05) is 6.92 Å². The summed E-state index contributed by atoms with van der Waals surface area (Å²) in [5, 5.41) is 3.29. The summed E-state index contributed by atoms with van der Waals surface area (Å²) in [5.41, 5.74) is 2.28. The molecule has 4 nitrogen and oxygen atoms in total. The number of aromatic nitrogens is 2. The van der Waals surface area contributed by atoms with Gasteiger partial charge in [-0.3, -0.25) is 0 Å². The number of aryl methyl sites for hydroxylation is 1. The molecule has 0 spiro atoms. The number of fused-ring (bicyclic) bond motifs is 1. The van der Waals surface area contributed by atoms with Gasteiger partial charge in [0.15, 0.2) is 11.5 Å². The number of piperazine rings is 1. The van der Waals surface area contributed by atoms with E-state index in [1.54, 1.807) is 10.5 Å². The fraction of sp³-hybridized carbons (Fsp3) is 0.462. The quantitative estimate of drug-likeness (QED) is 0.873. The summed E-state index contributed by atoms with van der Waals surface area (Å²) in [4.78, 5) is 6.47. The number of halogens is 1. The van der Waals surface area contributed by atoms with Crippen molar-refractivity contribution >= 4 is 11.3 Å². The minimum Gasteiger partial charge on any atom is -0.368 e. The van der Waals surface area contributed by atoms with Gasteiger partial charge in [-0.05, 0) is 6.42 Å². The highest BCUT2D eigenvalue weighted by molar-refractivity contribution is 5.54. The molecule has 3 rings (SSSR count). The van der Waals surface area contributed by atoms with Crippen LogP contribution in [0.5, 0.6) is 0 Å². The standard InChI is InChI=1S/C13H17FN4/c1-2-10-8-18-9-11(7-12(14)13(18)16-10)17-5-3-15-4-6-17/h7-9,15H,2-6H2,1H3. The first kappa shape index (κ1) is 11.5. The monoisotopic (exact) mass is 248 g/mol. The molecule has 0 amide bonds. The normalized spacial score (nSPS) is 16.4. The first-order valence-electron chi connectivity index (χ1n) is 6.40. The van der Waals surface area contributed by atoms with Gasteiger partial charge in [0, 0.05) is 44.6 Å². The maximum atomic E-state index is 14.0. The SMILES string of the molecule is CCc1cn2cc(N3CCNCC3)cc(F)c2n1. The van der Waals surface area contributed by atoms with Gasteiger partial charge >= 0.3 is 0 Å². The number of rotatable bonds is 2. The first-order chi connectivity index (χ1) is 8.78.